The molecule has 0 bridgehead atoms. The Morgan fingerprint density at radius 2 is 2.18 bits per heavy atom. The first-order valence-electron chi connectivity index (χ1n) is 7.52. The van der Waals surface area contributed by atoms with E-state index in [9.17, 15) is 4.79 Å². The minimum Gasteiger partial charge on any atom is -0.331 e. The van der Waals surface area contributed by atoms with Gasteiger partial charge in [0.2, 0.25) is 0 Å². The number of carbonyl (C=O) groups is 1. The number of hydrogen-bond acceptors (Lipinski definition) is 2. The maximum atomic E-state index is 12.4. The number of nitrogens with zero attached hydrogens (tertiary/aromatic N) is 2. The zero-order valence-corrected chi connectivity index (χ0v) is 14.8. The molecule has 1 aromatic carbocycles. The molecule has 1 N–H and O–H groups in total. The third-order valence-corrected chi connectivity index (χ3v) is 4.53. The number of halogens is 2. The van der Waals surface area contributed by atoms with E-state index in [1.165, 1.54) is 0 Å². The number of nitrogens with one attached hydrogen (secondary N) is 1. The van der Waals surface area contributed by atoms with Crippen LogP contribution in [-0.4, -0.2) is 49.6 Å². The van der Waals surface area contributed by atoms with Gasteiger partial charge in [0.1, 0.15) is 0 Å². The van der Waals surface area contributed by atoms with E-state index in [0.717, 1.165) is 31.6 Å². The third kappa shape index (κ3) is 4.51. The average molecular weight is 344 g/mol. The Labute approximate surface area is 142 Å². The lowest BCUT2D eigenvalue weighted by atomic mass is 10.1. The topological polar surface area (TPSA) is 35.6 Å². The Morgan fingerprint density at radius 3 is 2.82 bits per heavy atom. The van der Waals surface area contributed by atoms with Gasteiger partial charge >= 0.3 is 6.03 Å². The van der Waals surface area contributed by atoms with Crippen molar-refractivity contribution in [1.82, 2.24) is 15.1 Å². The van der Waals surface area contributed by atoms with Crippen LogP contribution in [0.15, 0.2) is 18.2 Å². The summed E-state index contributed by atoms with van der Waals surface area (Å²) in [4.78, 5) is 16.4. The van der Waals surface area contributed by atoms with E-state index in [2.05, 4.69) is 24.3 Å². The summed E-state index contributed by atoms with van der Waals surface area (Å²) < 4.78 is 0. The second kappa shape index (κ2) is 7.53. The Kier molecular flexibility index (Phi) is 5.95. The van der Waals surface area contributed by atoms with Crippen LogP contribution < -0.4 is 5.32 Å². The van der Waals surface area contributed by atoms with Crippen molar-refractivity contribution in [3.05, 3.63) is 33.8 Å². The van der Waals surface area contributed by atoms with Crippen molar-refractivity contribution in [2.75, 3.05) is 33.7 Å². The van der Waals surface area contributed by atoms with Gasteiger partial charge in [-0.3, -0.25) is 0 Å². The van der Waals surface area contributed by atoms with E-state index in [0.29, 0.717) is 16.0 Å². The first kappa shape index (κ1) is 17.4. The summed E-state index contributed by atoms with van der Waals surface area (Å²) in [6.45, 7) is 4.57. The fourth-order valence-electron chi connectivity index (χ4n) is 2.89. The monoisotopic (exact) mass is 343 g/mol. The molecule has 6 heteroatoms. The van der Waals surface area contributed by atoms with Crippen molar-refractivity contribution in [3.8, 4) is 0 Å². The molecule has 0 saturated carbocycles. The van der Waals surface area contributed by atoms with Crippen LogP contribution in [0.3, 0.4) is 0 Å². The highest BCUT2D eigenvalue weighted by Crippen LogP contribution is 2.26. The van der Waals surface area contributed by atoms with Crippen LogP contribution in [0.25, 0.3) is 0 Å². The predicted octanol–water partition coefficient (Wildman–Crippen LogP) is 3.65. The normalized spacial score (nSPS) is 19.5. The second-order valence-electron chi connectivity index (χ2n) is 6.20. The van der Waals surface area contributed by atoms with Gasteiger partial charge in [0.25, 0.3) is 0 Å². The molecule has 2 atom stereocenters. The van der Waals surface area contributed by atoms with Gasteiger partial charge in [-0.15, -0.1) is 0 Å². The van der Waals surface area contributed by atoms with Crippen LogP contribution in [0, 0.1) is 5.92 Å². The predicted molar refractivity (Wildman–Crippen MR) is 91.6 cm³/mol. The Morgan fingerprint density at radius 1 is 1.45 bits per heavy atom. The highest BCUT2D eigenvalue weighted by molar-refractivity contribution is 6.35. The fraction of sp³-hybridized carbons (Fsp3) is 0.562. The molecule has 1 aliphatic heterocycles. The van der Waals surface area contributed by atoms with Crippen LogP contribution in [0.4, 0.5) is 4.79 Å². The molecule has 1 aliphatic rings. The molecule has 0 aliphatic carbocycles. The van der Waals surface area contributed by atoms with Crippen molar-refractivity contribution < 1.29 is 4.79 Å². The molecular formula is C16H23Cl2N3O. The van der Waals surface area contributed by atoms with Gasteiger partial charge in [0.05, 0.1) is 6.04 Å². The zero-order chi connectivity index (χ0) is 16.3. The van der Waals surface area contributed by atoms with Crippen LogP contribution in [0.2, 0.25) is 10.0 Å². The van der Waals surface area contributed by atoms with Crippen LogP contribution >= 0.6 is 23.2 Å². The maximum absolute atomic E-state index is 12.4. The van der Waals surface area contributed by atoms with Crippen molar-refractivity contribution in [2.45, 2.75) is 19.4 Å². The minimum absolute atomic E-state index is 0.0280. The van der Waals surface area contributed by atoms with Crippen LogP contribution in [-0.2, 0) is 0 Å². The van der Waals surface area contributed by atoms with Crippen molar-refractivity contribution >= 4 is 29.2 Å². The summed E-state index contributed by atoms with van der Waals surface area (Å²) in [7, 11) is 4.13. The number of rotatable bonds is 4. The number of hydrogen-bond donors (Lipinski definition) is 1. The summed E-state index contributed by atoms with van der Waals surface area (Å²) in [5.41, 5.74) is 0.878. The summed E-state index contributed by atoms with van der Waals surface area (Å²) in [6.07, 6.45) is 1.06. The number of urea groups is 1. The van der Waals surface area contributed by atoms with Gasteiger partial charge in [-0.2, -0.15) is 0 Å². The van der Waals surface area contributed by atoms with Crippen LogP contribution in [0.1, 0.15) is 24.9 Å². The van der Waals surface area contributed by atoms with Crippen molar-refractivity contribution in [3.63, 3.8) is 0 Å². The van der Waals surface area contributed by atoms with E-state index >= 15 is 0 Å². The first-order chi connectivity index (χ1) is 10.4. The molecule has 4 nitrogen and oxygen atoms in total. The van der Waals surface area contributed by atoms with Gasteiger partial charge in [-0.05, 0) is 51.1 Å². The molecule has 1 fully saturated rings. The lowest BCUT2D eigenvalue weighted by Gasteiger charge is -2.22. The molecule has 2 amide bonds. The second-order valence-corrected chi connectivity index (χ2v) is 7.04. The molecule has 0 unspecified atom stereocenters. The van der Waals surface area contributed by atoms with Gasteiger partial charge < -0.3 is 15.1 Å². The molecule has 1 heterocycles. The molecule has 122 valence electrons. The lowest BCUT2D eigenvalue weighted by molar-refractivity contribution is 0.202. The molecule has 2 rings (SSSR count). The molecule has 0 spiro atoms. The molecule has 0 aromatic heterocycles. The molecule has 22 heavy (non-hydrogen) atoms. The Bertz CT molecular complexity index is 536. The largest absolute Gasteiger partial charge is 0.331 e. The van der Waals surface area contributed by atoms with Crippen molar-refractivity contribution in [1.29, 1.82) is 0 Å². The average Bonchev–Trinajstić information content (AvgIpc) is 2.86. The third-order valence-electron chi connectivity index (χ3n) is 3.97. The van der Waals surface area contributed by atoms with Gasteiger partial charge in [-0.1, -0.05) is 29.3 Å². The number of likely N-dealkylation sites (tertiary alicyclic amines) is 1. The molecule has 0 radical (unpaired) electrons. The number of benzene rings is 1. The highest BCUT2D eigenvalue weighted by Gasteiger charge is 2.27. The van der Waals surface area contributed by atoms with E-state index in [1.54, 1.807) is 12.1 Å². The zero-order valence-electron chi connectivity index (χ0n) is 13.3. The summed E-state index contributed by atoms with van der Waals surface area (Å²) in [5.74, 6) is 0.551. The molecule has 1 aromatic rings. The molecular weight excluding hydrogens is 321 g/mol. The van der Waals surface area contributed by atoms with Crippen molar-refractivity contribution in [2.24, 2.45) is 5.92 Å². The highest BCUT2D eigenvalue weighted by atomic mass is 35.5. The maximum Gasteiger partial charge on any atom is 0.317 e. The smallest absolute Gasteiger partial charge is 0.317 e. The summed E-state index contributed by atoms with van der Waals surface area (Å²) in [6, 6.07) is 5.16. The van der Waals surface area contributed by atoms with E-state index in [1.807, 2.05) is 17.9 Å². The standard InChI is InChI=1S/C16H23Cl2N3O/c1-11(14-5-4-13(17)8-15(14)18)19-16(22)21-7-6-12(10-21)9-20(2)3/h4-5,8,11-12H,6-7,9-10H2,1-3H3,(H,19,22)/t11-,12-/m0/s1. The van der Waals surface area contributed by atoms with Gasteiger partial charge in [-0.25, -0.2) is 4.79 Å². The van der Waals surface area contributed by atoms with Crippen LogP contribution in [0.5, 0.6) is 0 Å². The SMILES string of the molecule is C[C@H](NC(=O)N1CC[C@@H](CN(C)C)C1)c1ccc(Cl)cc1Cl. The quantitative estimate of drug-likeness (QED) is 0.905. The van der Waals surface area contributed by atoms with E-state index in [-0.39, 0.29) is 12.1 Å². The van der Waals surface area contributed by atoms with Gasteiger partial charge in [0.15, 0.2) is 0 Å². The van der Waals surface area contributed by atoms with Gasteiger partial charge in [0, 0.05) is 29.7 Å². The fourth-order valence-corrected chi connectivity index (χ4v) is 3.46. The van der Waals surface area contributed by atoms with E-state index in [4.69, 9.17) is 23.2 Å². The summed E-state index contributed by atoms with van der Waals surface area (Å²) >= 11 is 12.1. The van der Waals surface area contributed by atoms with E-state index < -0.39 is 0 Å². The number of amides is 2. The Hall–Kier alpha value is -0.970. The first-order valence-corrected chi connectivity index (χ1v) is 8.27. The summed E-state index contributed by atoms with van der Waals surface area (Å²) in [5, 5.41) is 4.19. The number of carbonyl (C=O) groups excluding carboxylic acids is 1. The Balaban J connectivity index is 1.92. The minimum atomic E-state index is -0.148. The lowest BCUT2D eigenvalue weighted by Crippen LogP contribution is -2.40. The molecule has 1 saturated heterocycles.